The quantitative estimate of drug-likeness (QED) is 0.559. The summed E-state index contributed by atoms with van der Waals surface area (Å²) in [7, 11) is 0. The average Bonchev–Trinajstić information content (AvgIpc) is 2.63. The van der Waals surface area contributed by atoms with Gasteiger partial charge in [0, 0.05) is 5.41 Å². The fourth-order valence-electron chi connectivity index (χ4n) is 3.53. The summed E-state index contributed by atoms with van der Waals surface area (Å²) in [6.45, 7) is 4.62. The Balaban J connectivity index is 2.14. The molecule has 0 heteroatoms. The Labute approximate surface area is 139 Å². The van der Waals surface area contributed by atoms with Gasteiger partial charge in [0.05, 0.1) is 0 Å². The van der Waals surface area contributed by atoms with Crippen LogP contribution in [-0.2, 0) is 18.3 Å². The molecule has 0 aliphatic rings. The van der Waals surface area contributed by atoms with Crippen molar-refractivity contribution in [3.63, 3.8) is 0 Å². The normalized spacial score (nSPS) is 13.5. The van der Waals surface area contributed by atoms with E-state index in [1.807, 2.05) is 0 Å². The molecule has 0 aromatic heterocycles. The van der Waals surface area contributed by atoms with E-state index in [-0.39, 0.29) is 5.41 Å². The van der Waals surface area contributed by atoms with Gasteiger partial charge in [0.15, 0.2) is 0 Å². The summed E-state index contributed by atoms with van der Waals surface area (Å²) in [5.41, 5.74) is 5.62. The van der Waals surface area contributed by atoms with Gasteiger partial charge < -0.3 is 0 Å². The highest BCUT2D eigenvalue weighted by Gasteiger charge is 2.30. The molecule has 3 aromatic carbocycles. The Morgan fingerprint density at radius 2 is 1.26 bits per heavy atom. The van der Waals surface area contributed by atoms with E-state index < -0.39 is 0 Å². The van der Waals surface area contributed by atoms with Gasteiger partial charge in [-0.3, -0.25) is 0 Å². The van der Waals surface area contributed by atoms with Crippen molar-refractivity contribution in [2.75, 3.05) is 0 Å². The van der Waals surface area contributed by atoms with Crippen molar-refractivity contribution in [3.8, 4) is 0 Å². The molecule has 0 N–H and O–H groups in total. The third kappa shape index (κ3) is 3.22. The van der Waals surface area contributed by atoms with Gasteiger partial charge in [-0.2, -0.15) is 0 Å². The van der Waals surface area contributed by atoms with E-state index in [1.54, 1.807) is 0 Å². The van der Waals surface area contributed by atoms with Crippen molar-refractivity contribution in [3.05, 3.63) is 107 Å². The molecular formula is C23H24. The zero-order chi connectivity index (χ0) is 16.1. The van der Waals surface area contributed by atoms with Crippen LogP contribution in [0, 0.1) is 0 Å². The van der Waals surface area contributed by atoms with Gasteiger partial charge in [-0.05, 0) is 35.1 Å². The largest absolute Gasteiger partial charge is 0.0622 e. The molecule has 1 unspecified atom stereocenters. The molecule has 0 amide bonds. The molecule has 0 nitrogen and oxygen atoms in total. The Kier molecular flexibility index (Phi) is 4.62. The summed E-state index contributed by atoms with van der Waals surface area (Å²) < 4.78 is 0. The molecule has 0 spiro atoms. The minimum Gasteiger partial charge on any atom is -0.0622 e. The third-order valence-corrected chi connectivity index (χ3v) is 4.80. The van der Waals surface area contributed by atoms with Crippen molar-refractivity contribution >= 4 is 0 Å². The number of rotatable bonds is 5. The third-order valence-electron chi connectivity index (χ3n) is 4.80. The molecule has 0 saturated carbocycles. The lowest BCUT2D eigenvalue weighted by Crippen LogP contribution is -2.28. The van der Waals surface area contributed by atoms with Crippen LogP contribution in [0.4, 0.5) is 0 Å². The second kappa shape index (κ2) is 6.83. The van der Waals surface area contributed by atoms with Crippen molar-refractivity contribution in [2.24, 2.45) is 0 Å². The van der Waals surface area contributed by atoms with Crippen LogP contribution in [0.25, 0.3) is 0 Å². The number of hydrogen-bond acceptors (Lipinski definition) is 0. The maximum Gasteiger partial charge on any atom is 0.0217 e. The molecule has 3 rings (SSSR count). The lowest BCUT2D eigenvalue weighted by Gasteiger charge is -2.33. The van der Waals surface area contributed by atoms with Crippen molar-refractivity contribution in [2.45, 2.75) is 32.1 Å². The first kappa shape index (κ1) is 15.6. The number of hydrogen-bond donors (Lipinski definition) is 0. The topological polar surface area (TPSA) is 0 Å². The van der Waals surface area contributed by atoms with Crippen molar-refractivity contribution < 1.29 is 0 Å². The van der Waals surface area contributed by atoms with Crippen molar-refractivity contribution in [1.29, 1.82) is 0 Å². The van der Waals surface area contributed by atoms with E-state index in [4.69, 9.17) is 0 Å². The van der Waals surface area contributed by atoms with Gasteiger partial charge in [0.25, 0.3) is 0 Å². The molecule has 1 atom stereocenters. The Morgan fingerprint density at radius 1 is 0.696 bits per heavy atom. The Morgan fingerprint density at radius 3 is 1.91 bits per heavy atom. The average molecular weight is 300 g/mol. The first-order chi connectivity index (χ1) is 11.2. The van der Waals surface area contributed by atoms with Crippen LogP contribution in [0.15, 0.2) is 84.9 Å². The van der Waals surface area contributed by atoms with Crippen LogP contribution >= 0.6 is 0 Å². The van der Waals surface area contributed by atoms with Crippen molar-refractivity contribution in [1.82, 2.24) is 0 Å². The molecule has 23 heavy (non-hydrogen) atoms. The summed E-state index contributed by atoms with van der Waals surface area (Å²) in [4.78, 5) is 0. The molecule has 0 heterocycles. The van der Waals surface area contributed by atoms with Crippen LogP contribution in [0.5, 0.6) is 0 Å². The SMILES string of the molecule is CCc1ccccc1C(C)(Cc1ccccc1)c1ccccc1. The van der Waals surface area contributed by atoms with Crippen LogP contribution in [-0.4, -0.2) is 0 Å². The molecule has 0 radical (unpaired) electrons. The van der Waals surface area contributed by atoms with E-state index in [2.05, 4.69) is 98.8 Å². The maximum absolute atomic E-state index is 2.38. The van der Waals surface area contributed by atoms with E-state index in [9.17, 15) is 0 Å². The fraction of sp³-hybridized carbons (Fsp3) is 0.217. The smallest absolute Gasteiger partial charge is 0.0217 e. The summed E-state index contributed by atoms with van der Waals surface area (Å²) in [6, 6.07) is 30.6. The van der Waals surface area contributed by atoms with Gasteiger partial charge in [-0.15, -0.1) is 0 Å². The Bertz CT molecular complexity index is 743. The van der Waals surface area contributed by atoms with Crippen LogP contribution in [0.3, 0.4) is 0 Å². The zero-order valence-corrected chi connectivity index (χ0v) is 14.0. The highest BCUT2D eigenvalue weighted by molar-refractivity contribution is 5.44. The lowest BCUT2D eigenvalue weighted by atomic mass is 9.70. The first-order valence-corrected chi connectivity index (χ1v) is 8.42. The summed E-state index contributed by atoms with van der Waals surface area (Å²) in [5.74, 6) is 0. The summed E-state index contributed by atoms with van der Waals surface area (Å²) in [5, 5.41) is 0. The maximum atomic E-state index is 2.38. The van der Waals surface area contributed by atoms with Crippen LogP contribution in [0.2, 0.25) is 0 Å². The molecule has 0 saturated heterocycles. The molecule has 0 bridgehead atoms. The zero-order valence-electron chi connectivity index (χ0n) is 14.0. The Hall–Kier alpha value is -2.34. The van der Waals surface area contributed by atoms with E-state index >= 15 is 0 Å². The molecule has 116 valence electrons. The fourth-order valence-corrected chi connectivity index (χ4v) is 3.53. The van der Waals surface area contributed by atoms with Gasteiger partial charge in [0.1, 0.15) is 0 Å². The van der Waals surface area contributed by atoms with Crippen LogP contribution < -0.4 is 0 Å². The van der Waals surface area contributed by atoms with E-state index in [1.165, 1.54) is 22.3 Å². The van der Waals surface area contributed by atoms with Gasteiger partial charge in [0.2, 0.25) is 0 Å². The van der Waals surface area contributed by atoms with Gasteiger partial charge in [-0.1, -0.05) is 98.8 Å². The number of aryl methyl sites for hydroxylation is 1. The van der Waals surface area contributed by atoms with E-state index in [0.717, 1.165) is 12.8 Å². The lowest BCUT2D eigenvalue weighted by molar-refractivity contribution is 0.561. The highest BCUT2D eigenvalue weighted by Crippen LogP contribution is 2.37. The predicted octanol–water partition coefficient (Wildman–Crippen LogP) is 5.80. The second-order valence-corrected chi connectivity index (χ2v) is 6.37. The molecular weight excluding hydrogens is 276 g/mol. The number of benzene rings is 3. The summed E-state index contributed by atoms with van der Waals surface area (Å²) >= 11 is 0. The predicted molar refractivity (Wildman–Crippen MR) is 98.9 cm³/mol. The minimum atomic E-state index is -0.0186. The van der Waals surface area contributed by atoms with E-state index in [0.29, 0.717) is 0 Å². The first-order valence-electron chi connectivity index (χ1n) is 8.42. The minimum absolute atomic E-state index is 0.0186. The molecule has 0 fully saturated rings. The van der Waals surface area contributed by atoms with Gasteiger partial charge >= 0.3 is 0 Å². The molecule has 0 aliphatic heterocycles. The summed E-state index contributed by atoms with van der Waals surface area (Å²) in [6.07, 6.45) is 2.07. The molecule has 3 aromatic rings. The molecule has 0 aliphatic carbocycles. The van der Waals surface area contributed by atoms with Crippen LogP contribution in [0.1, 0.15) is 36.1 Å². The highest BCUT2D eigenvalue weighted by atomic mass is 14.3. The monoisotopic (exact) mass is 300 g/mol. The standard InChI is InChI=1S/C23H24/c1-3-20-14-10-11-17-22(20)23(2,21-15-8-5-9-16-21)18-19-12-6-4-7-13-19/h4-17H,3,18H2,1-2H3. The van der Waals surface area contributed by atoms with Gasteiger partial charge in [-0.25, -0.2) is 0 Å². The second-order valence-electron chi connectivity index (χ2n) is 6.37.